The Morgan fingerprint density at radius 1 is 1.33 bits per heavy atom. The van der Waals surface area contributed by atoms with Crippen molar-refractivity contribution >= 4 is 11.5 Å². The number of hydrogen-bond acceptors (Lipinski definition) is 4. The van der Waals surface area contributed by atoms with Crippen LogP contribution >= 0.6 is 0 Å². The smallest absolute Gasteiger partial charge is 0.136 e. The molecule has 128 valence electrons. The van der Waals surface area contributed by atoms with Gasteiger partial charge in [0.2, 0.25) is 0 Å². The van der Waals surface area contributed by atoms with Gasteiger partial charge >= 0.3 is 0 Å². The molecule has 24 heavy (non-hydrogen) atoms. The van der Waals surface area contributed by atoms with E-state index < -0.39 is 11.5 Å². The van der Waals surface area contributed by atoms with Gasteiger partial charge in [-0.1, -0.05) is 12.1 Å². The Morgan fingerprint density at radius 3 is 2.50 bits per heavy atom. The third-order valence-electron chi connectivity index (χ3n) is 5.12. The fourth-order valence-corrected chi connectivity index (χ4v) is 4.02. The first kappa shape index (κ1) is 16.7. The number of aromatic amines is 1. The number of aromatic nitrogens is 2. The number of benzene rings is 1. The largest absolute Gasteiger partial charge is 0.389 e. The molecule has 3 atom stereocenters. The number of rotatable bonds is 3. The number of ketones is 1. The molecular weight excluding hydrogens is 302 g/mol. The highest BCUT2D eigenvalue weighted by atomic mass is 16.3. The molecule has 1 aliphatic rings. The average molecular weight is 327 g/mol. The first-order valence-corrected chi connectivity index (χ1v) is 8.26. The summed E-state index contributed by atoms with van der Waals surface area (Å²) in [4.78, 5) is 14.5. The van der Waals surface area contributed by atoms with Crippen LogP contribution in [0, 0.1) is 12.8 Å². The van der Waals surface area contributed by atoms with E-state index in [-0.39, 0.29) is 11.7 Å². The number of nitrogens with zero attached hydrogens (tertiary/aromatic N) is 2. The lowest BCUT2D eigenvalue weighted by molar-refractivity contribution is -0.130. The van der Waals surface area contributed by atoms with Crippen molar-refractivity contribution < 1.29 is 9.90 Å². The highest BCUT2D eigenvalue weighted by Gasteiger charge is 2.48. The minimum Gasteiger partial charge on any atom is -0.389 e. The highest BCUT2D eigenvalue weighted by molar-refractivity contribution is 5.82. The summed E-state index contributed by atoms with van der Waals surface area (Å²) in [6, 6.07) is 8.19. The van der Waals surface area contributed by atoms with Crippen molar-refractivity contribution in [3.05, 3.63) is 46.8 Å². The maximum atomic E-state index is 12.4. The fraction of sp³-hybridized carbons (Fsp3) is 0.474. The van der Waals surface area contributed by atoms with Gasteiger partial charge in [-0.05, 0) is 38.5 Å². The van der Waals surface area contributed by atoms with Gasteiger partial charge in [0.25, 0.3) is 0 Å². The van der Waals surface area contributed by atoms with E-state index in [0.717, 1.165) is 28.2 Å². The zero-order valence-electron chi connectivity index (χ0n) is 14.9. The minimum atomic E-state index is -1.11. The Bertz CT molecular complexity index is 759. The predicted octanol–water partition coefficient (Wildman–Crippen LogP) is 2.43. The lowest BCUT2D eigenvalue weighted by atomic mass is 9.64. The zero-order valence-corrected chi connectivity index (χ0v) is 14.9. The summed E-state index contributed by atoms with van der Waals surface area (Å²) in [7, 11) is 3.99. The van der Waals surface area contributed by atoms with Crippen molar-refractivity contribution in [3.63, 3.8) is 0 Å². The minimum absolute atomic E-state index is 0.00735. The monoisotopic (exact) mass is 327 g/mol. The molecule has 0 radical (unpaired) electrons. The van der Waals surface area contributed by atoms with Crippen molar-refractivity contribution in [3.8, 4) is 0 Å². The van der Waals surface area contributed by atoms with E-state index in [2.05, 4.69) is 10.2 Å². The molecule has 5 heteroatoms. The lowest BCUT2D eigenvalue weighted by Gasteiger charge is -2.41. The summed E-state index contributed by atoms with van der Waals surface area (Å²) in [5, 5.41) is 18.3. The topological polar surface area (TPSA) is 69.2 Å². The molecule has 0 bridgehead atoms. The van der Waals surface area contributed by atoms with Crippen LogP contribution in [-0.4, -0.2) is 40.8 Å². The van der Waals surface area contributed by atoms with Gasteiger partial charge in [-0.25, -0.2) is 0 Å². The number of aryl methyl sites for hydroxylation is 1. The summed E-state index contributed by atoms with van der Waals surface area (Å²) in [6.07, 6.45) is 0.392. The summed E-state index contributed by atoms with van der Waals surface area (Å²) in [5.74, 6) is -0.657. The lowest BCUT2D eigenvalue weighted by Crippen LogP contribution is -2.48. The number of anilines is 1. The van der Waals surface area contributed by atoms with E-state index >= 15 is 0 Å². The Balaban J connectivity index is 2.17. The van der Waals surface area contributed by atoms with E-state index in [0.29, 0.717) is 6.42 Å². The molecule has 1 aliphatic carbocycles. The Labute approximate surface area is 142 Å². The van der Waals surface area contributed by atoms with Crippen LogP contribution in [0.2, 0.25) is 0 Å². The van der Waals surface area contributed by atoms with Crippen LogP contribution in [-0.2, 0) is 11.2 Å². The van der Waals surface area contributed by atoms with Crippen LogP contribution in [0.4, 0.5) is 5.69 Å². The van der Waals surface area contributed by atoms with E-state index in [1.807, 2.05) is 50.2 Å². The van der Waals surface area contributed by atoms with Crippen molar-refractivity contribution in [2.24, 2.45) is 5.92 Å². The summed E-state index contributed by atoms with van der Waals surface area (Å²) in [5.41, 5.74) is 3.91. The second kappa shape index (κ2) is 5.74. The Morgan fingerprint density at radius 2 is 1.96 bits per heavy atom. The number of H-pyrrole nitrogens is 1. The van der Waals surface area contributed by atoms with Crippen molar-refractivity contribution in [2.45, 2.75) is 38.7 Å². The van der Waals surface area contributed by atoms with Crippen molar-refractivity contribution in [1.29, 1.82) is 0 Å². The number of carbonyl (C=O) groups excluding carboxylic acids is 1. The molecule has 0 saturated carbocycles. The predicted molar refractivity (Wildman–Crippen MR) is 94.4 cm³/mol. The molecule has 2 N–H and O–H groups in total. The molecule has 0 fully saturated rings. The van der Waals surface area contributed by atoms with Gasteiger partial charge in [0.05, 0.1) is 17.2 Å². The summed E-state index contributed by atoms with van der Waals surface area (Å²) >= 11 is 0. The maximum Gasteiger partial charge on any atom is 0.136 e. The summed E-state index contributed by atoms with van der Waals surface area (Å²) < 4.78 is 0. The number of nitrogens with one attached hydrogen (secondary N) is 1. The van der Waals surface area contributed by atoms with E-state index in [1.165, 1.54) is 0 Å². The molecule has 2 aromatic rings. The standard InChI is InChI=1S/C19H25N3O2/c1-11-16-15(21-20-11)10-19(3,24)18(12(2)23)17(16)13-6-8-14(9-7-13)22(4)5/h6-9,17-18,24H,10H2,1-5H3,(H,20,21)/t17-,18+,19+/m0/s1. The first-order chi connectivity index (χ1) is 11.2. The van der Waals surface area contributed by atoms with Gasteiger partial charge in [-0.3, -0.25) is 9.89 Å². The second-order valence-electron chi connectivity index (χ2n) is 7.29. The van der Waals surface area contributed by atoms with E-state index in [9.17, 15) is 9.90 Å². The third kappa shape index (κ3) is 2.63. The quantitative estimate of drug-likeness (QED) is 0.908. The second-order valence-corrected chi connectivity index (χ2v) is 7.29. The summed E-state index contributed by atoms with van der Waals surface area (Å²) in [6.45, 7) is 5.29. The molecule has 0 spiro atoms. The van der Waals surface area contributed by atoms with Gasteiger partial charge in [-0.15, -0.1) is 0 Å². The van der Waals surface area contributed by atoms with Crippen LogP contribution in [0.25, 0.3) is 0 Å². The molecular formula is C19H25N3O2. The molecule has 1 aromatic heterocycles. The molecule has 1 aromatic carbocycles. The van der Waals surface area contributed by atoms with E-state index in [4.69, 9.17) is 0 Å². The molecule has 0 unspecified atom stereocenters. The molecule has 1 heterocycles. The van der Waals surface area contributed by atoms with Crippen molar-refractivity contribution in [2.75, 3.05) is 19.0 Å². The van der Waals surface area contributed by atoms with Crippen LogP contribution in [0.1, 0.15) is 42.3 Å². The van der Waals surface area contributed by atoms with Gasteiger partial charge in [0.1, 0.15) is 5.78 Å². The fourth-order valence-electron chi connectivity index (χ4n) is 4.02. The third-order valence-corrected chi connectivity index (χ3v) is 5.12. The number of aliphatic hydroxyl groups is 1. The number of fused-ring (bicyclic) bond motifs is 1. The van der Waals surface area contributed by atoms with Crippen LogP contribution in [0.5, 0.6) is 0 Å². The molecule has 0 saturated heterocycles. The molecule has 3 rings (SSSR count). The maximum absolute atomic E-state index is 12.4. The molecule has 5 nitrogen and oxygen atoms in total. The zero-order chi connectivity index (χ0) is 17.6. The first-order valence-electron chi connectivity index (χ1n) is 8.26. The SMILES string of the molecule is CC(=O)[C@@H]1[C@@H](c2ccc(N(C)C)cc2)c2c(n[nH]c2C)C[C@@]1(C)O. The Kier molecular flexibility index (Phi) is 4.00. The van der Waals surface area contributed by atoms with Gasteiger partial charge in [0.15, 0.2) is 0 Å². The normalized spacial score (nSPS) is 26.1. The van der Waals surface area contributed by atoms with Gasteiger partial charge < -0.3 is 10.0 Å². The van der Waals surface area contributed by atoms with Gasteiger partial charge in [-0.2, -0.15) is 5.10 Å². The molecule has 0 amide bonds. The van der Waals surface area contributed by atoms with Crippen LogP contribution < -0.4 is 4.90 Å². The van der Waals surface area contributed by atoms with Crippen molar-refractivity contribution in [1.82, 2.24) is 10.2 Å². The molecule has 0 aliphatic heterocycles. The van der Waals surface area contributed by atoms with Crippen LogP contribution in [0.15, 0.2) is 24.3 Å². The van der Waals surface area contributed by atoms with Crippen LogP contribution in [0.3, 0.4) is 0 Å². The Hall–Kier alpha value is -2.14. The average Bonchev–Trinajstić information content (AvgIpc) is 2.85. The highest BCUT2D eigenvalue weighted by Crippen LogP contribution is 2.46. The number of carbonyl (C=O) groups is 1. The number of Topliss-reactive ketones (excluding diaryl/α,β-unsaturated/α-hetero) is 1. The number of hydrogen-bond donors (Lipinski definition) is 2. The van der Waals surface area contributed by atoms with E-state index in [1.54, 1.807) is 13.8 Å². The van der Waals surface area contributed by atoms with Gasteiger partial charge in [0, 0.05) is 43.4 Å².